The molecule has 27 heavy (non-hydrogen) atoms. The lowest BCUT2D eigenvalue weighted by Crippen LogP contribution is -2.43. The minimum atomic E-state index is -0.577. The molecule has 0 fully saturated rings. The minimum Gasteiger partial charge on any atom is -0.482 e. The molecular weight excluding hydrogens is 374 g/mol. The number of carbonyl (C=O) groups is 2. The zero-order valence-corrected chi connectivity index (χ0v) is 15.7. The average Bonchev–Trinajstić information content (AvgIpc) is 3.05. The summed E-state index contributed by atoms with van der Waals surface area (Å²) in [6, 6.07) is 3.90. The van der Waals surface area contributed by atoms with Crippen LogP contribution in [-0.2, 0) is 15.0 Å². The van der Waals surface area contributed by atoms with Crippen molar-refractivity contribution in [1.29, 1.82) is 0 Å². The fraction of sp³-hybridized carbons (Fsp3) is 0.375. The lowest BCUT2D eigenvalue weighted by atomic mass is 9.98. The number of anilines is 2. The predicted molar refractivity (Wildman–Crippen MR) is 98.2 cm³/mol. The molecule has 0 bridgehead atoms. The number of nitro groups is 1. The normalized spacial score (nSPS) is 13.7. The summed E-state index contributed by atoms with van der Waals surface area (Å²) >= 11 is 1.25. The van der Waals surface area contributed by atoms with Gasteiger partial charge in [-0.05, 0) is 6.07 Å². The van der Waals surface area contributed by atoms with Crippen molar-refractivity contribution >= 4 is 39.7 Å². The molecule has 0 spiro atoms. The van der Waals surface area contributed by atoms with Crippen LogP contribution in [0.1, 0.15) is 25.8 Å². The van der Waals surface area contributed by atoms with Crippen LogP contribution < -0.4 is 15.0 Å². The molecule has 1 aliphatic rings. The first kappa shape index (κ1) is 18.7. The molecular formula is C16H17N5O5S. The van der Waals surface area contributed by atoms with Crippen LogP contribution in [0, 0.1) is 10.1 Å². The van der Waals surface area contributed by atoms with Crippen molar-refractivity contribution in [3.05, 3.63) is 33.3 Å². The molecule has 10 nitrogen and oxygen atoms in total. The monoisotopic (exact) mass is 391 g/mol. The van der Waals surface area contributed by atoms with E-state index >= 15 is 0 Å². The number of aromatic nitrogens is 2. The highest BCUT2D eigenvalue weighted by Gasteiger charge is 2.29. The van der Waals surface area contributed by atoms with Gasteiger partial charge < -0.3 is 4.74 Å². The van der Waals surface area contributed by atoms with Gasteiger partial charge in [-0.1, -0.05) is 32.1 Å². The molecule has 0 saturated heterocycles. The third-order valence-electron chi connectivity index (χ3n) is 3.71. The van der Waals surface area contributed by atoms with E-state index in [9.17, 15) is 19.7 Å². The van der Waals surface area contributed by atoms with Gasteiger partial charge in [0.05, 0.1) is 10.6 Å². The Morgan fingerprint density at radius 3 is 2.78 bits per heavy atom. The van der Waals surface area contributed by atoms with Crippen LogP contribution in [0.3, 0.4) is 0 Å². The first-order valence-corrected chi connectivity index (χ1v) is 8.82. The Bertz CT molecular complexity index is 920. The summed E-state index contributed by atoms with van der Waals surface area (Å²) in [5.74, 6) is -0.649. The number of nitrogens with zero attached hydrogens (tertiary/aromatic N) is 4. The molecule has 1 N–H and O–H groups in total. The van der Waals surface area contributed by atoms with Crippen molar-refractivity contribution < 1.29 is 19.2 Å². The Balaban J connectivity index is 1.78. The van der Waals surface area contributed by atoms with E-state index in [0.717, 1.165) is 9.91 Å². The molecule has 0 radical (unpaired) electrons. The molecule has 1 aromatic carbocycles. The van der Waals surface area contributed by atoms with Crippen molar-refractivity contribution in [3.63, 3.8) is 0 Å². The summed E-state index contributed by atoms with van der Waals surface area (Å²) < 4.78 is 5.28. The Morgan fingerprint density at radius 2 is 2.15 bits per heavy atom. The van der Waals surface area contributed by atoms with Crippen LogP contribution in [-0.4, -0.2) is 40.1 Å². The number of non-ortho nitro benzene ring substituents is 1. The molecule has 2 amide bonds. The van der Waals surface area contributed by atoms with Gasteiger partial charge in [0, 0.05) is 17.5 Å². The highest BCUT2D eigenvalue weighted by atomic mass is 32.1. The second-order valence-electron chi connectivity index (χ2n) is 6.89. The highest BCUT2D eigenvalue weighted by Crippen LogP contribution is 2.35. The van der Waals surface area contributed by atoms with Gasteiger partial charge in [-0.15, -0.1) is 10.2 Å². The van der Waals surface area contributed by atoms with Crippen molar-refractivity contribution in [1.82, 2.24) is 10.2 Å². The van der Waals surface area contributed by atoms with Gasteiger partial charge in [0.15, 0.2) is 6.61 Å². The fourth-order valence-corrected chi connectivity index (χ4v) is 3.17. The summed E-state index contributed by atoms with van der Waals surface area (Å²) in [7, 11) is 0. The van der Waals surface area contributed by atoms with Crippen molar-refractivity contribution in [2.75, 3.05) is 23.4 Å². The number of nitro benzene ring substituents is 1. The van der Waals surface area contributed by atoms with Crippen molar-refractivity contribution in [3.8, 4) is 5.75 Å². The molecule has 0 unspecified atom stereocenters. The van der Waals surface area contributed by atoms with E-state index in [1.165, 1.54) is 29.5 Å². The summed E-state index contributed by atoms with van der Waals surface area (Å²) in [5, 5.41) is 22.7. The summed E-state index contributed by atoms with van der Waals surface area (Å²) in [6.45, 7) is 5.38. The van der Waals surface area contributed by atoms with E-state index in [0.29, 0.717) is 10.9 Å². The van der Waals surface area contributed by atoms with Crippen molar-refractivity contribution in [2.24, 2.45) is 0 Å². The van der Waals surface area contributed by atoms with Gasteiger partial charge in [-0.3, -0.25) is 29.9 Å². The number of hydrogen-bond donors (Lipinski definition) is 1. The Labute approximate surface area is 158 Å². The first-order valence-electron chi connectivity index (χ1n) is 8.00. The lowest BCUT2D eigenvalue weighted by molar-refractivity contribution is -0.384. The van der Waals surface area contributed by atoms with E-state index in [1.54, 1.807) is 0 Å². The van der Waals surface area contributed by atoms with Crippen LogP contribution >= 0.6 is 11.3 Å². The van der Waals surface area contributed by atoms with Gasteiger partial charge in [0.25, 0.3) is 11.6 Å². The van der Waals surface area contributed by atoms with E-state index in [-0.39, 0.29) is 29.9 Å². The van der Waals surface area contributed by atoms with E-state index < -0.39 is 16.7 Å². The zero-order valence-electron chi connectivity index (χ0n) is 14.9. The summed E-state index contributed by atoms with van der Waals surface area (Å²) in [6.07, 6.45) is 0. The molecule has 2 heterocycles. The van der Waals surface area contributed by atoms with Gasteiger partial charge in [0.1, 0.15) is 17.3 Å². The van der Waals surface area contributed by atoms with Crippen LogP contribution in [0.4, 0.5) is 16.5 Å². The maximum atomic E-state index is 12.4. The quantitative estimate of drug-likeness (QED) is 0.624. The molecule has 11 heteroatoms. The lowest BCUT2D eigenvalue weighted by Gasteiger charge is -2.28. The van der Waals surface area contributed by atoms with Crippen LogP contribution in [0.5, 0.6) is 5.75 Å². The van der Waals surface area contributed by atoms with Crippen LogP contribution in [0.25, 0.3) is 0 Å². The highest BCUT2D eigenvalue weighted by molar-refractivity contribution is 7.15. The predicted octanol–water partition coefficient (Wildman–Crippen LogP) is 2.11. The largest absolute Gasteiger partial charge is 0.482 e. The standard InChI is InChI=1S/C16H17N5O5S/c1-16(2,3)14-18-19-15(27-14)17-12(22)7-20-10-6-9(21(24)25)4-5-11(10)26-8-13(20)23/h4-6H,7-8H2,1-3H3,(H,17,19,22). The molecule has 0 atom stereocenters. The second-order valence-corrected chi connectivity index (χ2v) is 7.87. The van der Waals surface area contributed by atoms with Gasteiger partial charge in [-0.25, -0.2) is 0 Å². The maximum Gasteiger partial charge on any atom is 0.271 e. The Kier molecular flexibility index (Phi) is 4.79. The molecule has 0 saturated carbocycles. The average molecular weight is 391 g/mol. The van der Waals surface area contributed by atoms with Crippen LogP contribution in [0.2, 0.25) is 0 Å². The molecule has 2 aromatic rings. The fourth-order valence-electron chi connectivity index (χ4n) is 2.36. The third kappa shape index (κ3) is 4.03. The van der Waals surface area contributed by atoms with Crippen molar-refractivity contribution in [2.45, 2.75) is 26.2 Å². The molecule has 0 aliphatic carbocycles. The smallest absolute Gasteiger partial charge is 0.271 e. The first-order chi connectivity index (χ1) is 12.6. The second kappa shape index (κ2) is 6.91. The molecule has 142 valence electrons. The molecule has 3 rings (SSSR count). The number of fused-ring (bicyclic) bond motifs is 1. The minimum absolute atomic E-state index is 0.184. The third-order valence-corrected chi connectivity index (χ3v) is 4.98. The number of amides is 2. The topological polar surface area (TPSA) is 128 Å². The van der Waals surface area contributed by atoms with E-state index in [4.69, 9.17) is 4.74 Å². The maximum absolute atomic E-state index is 12.4. The number of benzene rings is 1. The number of rotatable bonds is 4. The number of carbonyl (C=O) groups excluding carboxylic acids is 2. The summed E-state index contributed by atoms with van der Waals surface area (Å²) in [5.41, 5.74) is -0.210. The van der Waals surface area contributed by atoms with Gasteiger partial charge in [0.2, 0.25) is 11.0 Å². The number of nitrogens with one attached hydrogen (secondary N) is 1. The Hall–Kier alpha value is -3.08. The number of ether oxygens (including phenoxy) is 1. The SMILES string of the molecule is CC(C)(C)c1nnc(NC(=O)CN2C(=O)COc3ccc([N+](=O)[O-])cc32)s1. The number of hydrogen-bond acceptors (Lipinski definition) is 8. The van der Waals surface area contributed by atoms with Crippen LogP contribution in [0.15, 0.2) is 18.2 Å². The Morgan fingerprint density at radius 1 is 1.41 bits per heavy atom. The van der Waals surface area contributed by atoms with Gasteiger partial charge >= 0.3 is 0 Å². The van der Waals surface area contributed by atoms with E-state index in [2.05, 4.69) is 15.5 Å². The molecule has 1 aromatic heterocycles. The summed E-state index contributed by atoms with van der Waals surface area (Å²) in [4.78, 5) is 36.1. The zero-order chi connectivity index (χ0) is 19.8. The van der Waals surface area contributed by atoms with Gasteiger partial charge in [-0.2, -0.15) is 0 Å². The molecule has 1 aliphatic heterocycles. The van der Waals surface area contributed by atoms with E-state index in [1.807, 2.05) is 20.8 Å².